The minimum absolute atomic E-state index is 0.0219. The summed E-state index contributed by atoms with van der Waals surface area (Å²) in [5, 5.41) is 3.23. The number of rotatable bonds is 3. The smallest absolute Gasteiger partial charge is 0.339 e. The Balaban J connectivity index is 1.94. The van der Waals surface area contributed by atoms with E-state index in [1.54, 1.807) is 30.0 Å². The van der Waals surface area contributed by atoms with Crippen molar-refractivity contribution in [1.29, 1.82) is 0 Å². The number of Topliss-reactive ketones (excluding diaryl/α,β-unsaturated/α-hetero) is 1. The zero-order valence-corrected chi connectivity index (χ0v) is 24.3. The second kappa shape index (κ2) is 8.99. The highest BCUT2D eigenvalue weighted by molar-refractivity contribution is 9.11. The van der Waals surface area contributed by atoms with Gasteiger partial charge in [-0.15, -0.1) is 0 Å². The number of nitrogens with zero attached hydrogens (tertiary/aromatic N) is 1. The molecule has 0 fully saturated rings. The Morgan fingerprint density at radius 3 is 2.57 bits per heavy atom. The molecule has 1 amide bonds. The van der Waals surface area contributed by atoms with E-state index in [1.807, 2.05) is 32.0 Å². The molecule has 1 aliphatic carbocycles. The van der Waals surface area contributed by atoms with Gasteiger partial charge in [-0.3, -0.25) is 14.5 Å². The first-order chi connectivity index (χ1) is 17.4. The molecule has 1 atom stereocenters. The number of nitrogens with one attached hydrogen (secondary N) is 1. The predicted octanol–water partition coefficient (Wildman–Crippen LogP) is 5.95. The van der Waals surface area contributed by atoms with Crippen molar-refractivity contribution in [3.63, 3.8) is 0 Å². The van der Waals surface area contributed by atoms with E-state index >= 15 is 0 Å². The van der Waals surface area contributed by atoms with Crippen LogP contribution in [0.15, 0.2) is 68.0 Å². The monoisotopic (exact) mass is 647 g/mol. The summed E-state index contributed by atoms with van der Waals surface area (Å²) in [6, 6.07) is 10.5. The first kappa shape index (κ1) is 26.0. The molecular weight excluding hydrogens is 626 g/mol. The quantitative estimate of drug-likeness (QED) is 0.399. The molecule has 37 heavy (non-hydrogen) atoms. The van der Waals surface area contributed by atoms with Gasteiger partial charge in [-0.25, -0.2) is 4.79 Å². The molecule has 10 heteroatoms. The zero-order valence-electron chi connectivity index (χ0n) is 20.4. The summed E-state index contributed by atoms with van der Waals surface area (Å²) >= 11 is 13.5. The third-order valence-corrected chi connectivity index (χ3v) is 8.34. The average Bonchev–Trinajstić information content (AvgIpc) is 3.05. The Morgan fingerprint density at radius 1 is 1.16 bits per heavy atom. The molecule has 192 valence electrons. The fraction of sp³-hybridized carbons (Fsp3) is 0.296. The van der Waals surface area contributed by atoms with Crippen molar-refractivity contribution in [2.24, 2.45) is 11.1 Å². The van der Waals surface area contributed by atoms with Crippen LogP contribution in [0.1, 0.15) is 39.2 Å². The maximum Gasteiger partial charge on any atom is 0.339 e. The van der Waals surface area contributed by atoms with Crippen molar-refractivity contribution in [1.82, 2.24) is 0 Å². The number of nitrogens with two attached hydrogens (primary N) is 1. The standard InChI is InChI=1S/C27H24Br2ClN3O4/c1-4-37-24(35)22-23(31)33(18-8-5-13(28)9-16(18)29)19-11-26(2,3)12-20(34)21(19)27(22)15-10-14(30)6-7-17(15)32-25(27)36/h5-10H,4,11-12,31H2,1-3H3,(H,32,36). The molecule has 3 N–H and O–H groups in total. The van der Waals surface area contributed by atoms with Crippen LogP contribution in [0.5, 0.6) is 0 Å². The Morgan fingerprint density at radius 2 is 1.89 bits per heavy atom. The lowest BCUT2D eigenvalue weighted by molar-refractivity contribution is -0.140. The molecule has 0 radical (unpaired) electrons. The minimum Gasteiger partial charge on any atom is -0.462 e. The molecule has 0 aromatic heterocycles. The van der Waals surface area contributed by atoms with E-state index in [2.05, 4.69) is 37.2 Å². The van der Waals surface area contributed by atoms with Gasteiger partial charge in [0.05, 0.1) is 12.3 Å². The van der Waals surface area contributed by atoms with E-state index in [1.165, 1.54) is 0 Å². The lowest BCUT2D eigenvalue weighted by Gasteiger charge is -2.47. The van der Waals surface area contributed by atoms with Gasteiger partial charge in [0.2, 0.25) is 5.91 Å². The van der Waals surface area contributed by atoms with Crippen LogP contribution < -0.4 is 16.0 Å². The highest BCUT2D eigenvalue weighted by atomic mass is 79.9. The van der Waals surface area contributed by atoms with Crippen molar-refractivity contribution in [3.05, 3.63) is 78.6 Å². The van der Waals surface area contributed by atoms with Gasteiger partial charge in [-0.2, -0.15) is 0 Å². The van der Waals surface area contributed by atoms with Crippen molar-refractivity contribution >= 4 is 72.5 Å². The molecule has 0 bridgehead atoms. The number of fused-ring (bicyclic) bond motifs is 3. The van der Waals surface area contributed by atoms with Gasteiger partial charge >= 0.3 is 5.97 Å². The number of allylic oxidation sites excluding steroid dienone is 1. The van der Waals surface area contributed by atoms with E-state index in [0.29, 0.717) is 38.6 Å². The zero-order chi connectivity index (χ0) is 26.9. The number of anilines is 2. The Bertz CT molecular complexity index is 1470. The van der Waals surface area contributed by atoms with Crippen molar-refractivity contribution in [3.8, 4) is 0 Å². The number of benzene rings is 2. The highest BCUT2D eigenvalue weighted by Crippen LogP contribution is 2.58. The first-order valence-electron chi connectivity index (χ1n) is 11.7. The number of ketones is 1. The predicted molar refractivity (Wildman–Crippen MR) is 149 cm³/mol. The average molecular weight is 650 g/mol. The highest BCUT2D eigenvalue weighted by Gasteiger charge is 2.63. The Labute approximate surface area is 236 Å². The van der Waals surface area contributed by atoms with Crippen LogP contribution in [-0.2, 0) is 24.5 Å². The number of carbonyl (C=O) groups excluding carboxylic acids is 3. The SMILES string of the molecule is CCOC(=O)C1=C(N)N(c2ccc(Br)cc2Br)C2=C(C(=O)CC(C)(C)C2)C12C(=O)Nc1ccc(Cl)cc12. The maximum atomic E-state index is 14.1. The van der Waals surface area contributed by atoms with Gasteiger partial charge in [0.25, 0.3) is 0 Å². The molecule has 7 nitrogen and oxygen atoms in total. The summed E-state index contributed by atoms with van der Waals surface area (Å²) in [6.07, 6.45) is 0.639. The van der Waals surface area contributed by atoms with Crippen molar-refractivity contribution in [2.45, 2.75) is 39.0 Å². The Hall–Kier alpha value is -2.62. The van der Waals surface area contributed by atoms with Gasteiger partial charge in [0.15, 0.2) is 5.78 Å². The molecule has 5 rings (SSSR count). The maximum absolute atomic E-state index is 14.1. The number of carbonyl (C=O) groups is 3. The molecular formula is C27H24Br2ClN3O4. The van der Waals surface area contributed by atoms with Crippen LogP contribution in [0.4, 0.5) is 11.4 Å². The van der Waals surface area contributed by atoms with Crippen LogP contribution in [0.25, 0.3) is 0 Å². The fourth-order valence-corrected chi connectivity index (χ4v) is 7.04. The molecule has 2 heterocycles. The van der Waals surface area contributed by atoms with Gasteiger partial charge < -0.3 is 15.8 Å². The third-order valence-electron chi connectivity index (χ3n) is 6.97. The van der Waals surface area contributed by atoms with Crippen LogP contribution >= 0.6 is 43.5 Å². The van der Waals surface area contributed by atoms with Gasteiger partial charge in [0, 0.05) is 42.9 Å². The van der Waals surface area contributed by atoms with Crippen LogP contribution in [-0.4, -0.2) is 24.3 Å². The molecule has 0 saturated carbocycles. The van der Waals surface area contributed by atoms with Crippen LogP contribution in [0.3, 0.4) is 0 Å². The van der Waals surface area contributed by atoms with E-state index in [4.69, 9.17) is 22.1 Å². The minimum atomic E-state index is -1.79. The summed E-state index contributed by atoms with van der Waals surface area (Å²) in [5.74, 6) is -1.52. The van der Waals surface area contributed by atoms with Crippen LogP contribution in [0.2, 0.25) is 5.02 Å². The van der Waals surface area contributed by atoms with Gasteiger partial charge in [0.1, 0.15) is 16.8 Å². The van der Waals surface area contributed by atoms with E-state index in [-0.39, 0.29) is 35.8 Å². The number of ether oxygens (including phenoxy) is 1. The van der Waals surface area contributed by atoms with Crippen LogP contribution in [0, 0.1) is 5.41 Å². The number of hydrogen-bond donors (Lipinski definition) is 2. The first-order valence-corrected chi connectivity index (χ1v) is 13.7. The second-order valence-corrected chi connectivity index (χ2v) is 12.3. The summed E-state index contributed by atoms with van der Waals surface area (Å²) in [7, 11) is 0. The molecule has 2 aromatic rings. The summed E-state index contributed by atoms with van der Waals surface area (Å²) < 4.78 is 6.97. The van der Waals surface area contributed by atoms with Crippen molar-refractivity contribution in [2.75, 3.05) is 16.8 Å². The topological polar surface area (TPSA) is 102 Å². The summed E-state index contributed by atoms with van der Waals surface area (Å²) in [5.41, 5.74) is 6.84. The van der Waals surface area contributed by atoms with Gasteiger partial charge in [-0.1, -0.05) is 41.4 Å². The largest absolute Gasteiger partial charge is 0.462 e. The molecule has 1 spiro atoms. The molecule has 0 saturated heterocycles. The van der Waals surface area contributed by atoms with Gasteiger partial charge in [-0.05, 0) is 71.1 Å². The molecule has 3 aliphatic rings. The lowest BCUT2D eigenvalue weighted by Crippen LogP contribution is -2.54. The fourth-order valence-electron chi connectivity index (χ4n) is 5.65. The number of hydrogen-bond acceptors (Lipinski definition) is 6. The normalized spacial score (nSPS) is 22.3. The number of esters is 1. The molecule has 1 unspecified atom stereocenters. The van der Waals surface area contributed by atoms with E-state index in [9.17, 15) is 14.4 Å². The van der Waals surface area contributed by atoms with E-state index < -0.39 is 22.7 Å². The summed E-state index contributed by atoms with van der Waals surface area (Å²) in [6.45, 7) is 5.73. The Kier molecular flexibility index (Phi) is 6.32. The third kappa shape index (κ3) is 3.85. The summed E-state index contributed by atoms with van der Waals surface area (Å²) in [4.78, 5) is 43.5. The number of amides is 1. The second-order valence-electron chi connectivity index (χ2n) is 10.1. The van der Waals surface area contributed by atoms with E-state index in [0.717, 1.165) is 4.47 Å². The lowest BCUT2D eigenvalue weighted by atomic mass is 9.60. The number of halogens is 3. The van der Waals surface area contributed by atoms with Crippen molar-refractivity contribution < 1.29 is 19.1 Å². The molecule has 2 aliphatic heterocycles. The molecule has 2 aromatic carbocycles.